The van der Waals surface area contributed by atoms with Crippen molar-refractivity contribution in [1.82, 2.24) is 15.5 Å². The minimum Gasteiger partial charge on any atom is -0.489 e. The molecule has 0 atom stereocenters. The number of nitrogens with one attached hydrogen (secondary N) is 1. The zero-order valence-electron chi connectivity index (χ0n) is 62.7. The highest BCUT2D eigenvalue weighted by Gasteiger charge is 2.38. The minimum atomic E-state index is -1.01. The van der Waals surface area contributed by atoms with E-state index in [-0.39, 0.29) is 42.5 Å². The highest BCUT2D eigenvalue weighted by molar-refractivity contribution is 9.10. The minimum absolute atomic E-state index is 0.0122. The molecule has 3 aliphatic carbocycles. The monoisotopic (exact) mass is 1750 g/mol. The van der Waals surface area contributed by atoms with Crippen molar-refractivity contribution in [3.05, 3.63) is 284 Å². The van der Waals surface area contributed by atoms with Gasteiger partial charge in [-0.1, -0.05) is 119 Å². The first kappa shape index (κ1) is 81.2. The maximum atomic E-state index is 12.9. The normalized spacial score (nSPS) is 14.5. The van der Waals surface area contributed by atoms with Gasteiger partial charge in [-0.25, -0.2) is 14.4 Å². The second kappa shape index (κ2) is 35.9. The molecule has 3 saturated carbocycles. The number of carboxylic acids is 1. The number of aromatic carboxylic acids is 1. The van der Waals surface area contributed by atoms with E-state index >= 15 is 0 Å². The van der Waals surface area contributed by atoms with Crippen LogP contribution in [0.1, 0.15) is 157 Å². The van der Waals surface area contributed by atoms with E-state index in [2.05, 4.69) is 41.5 Å². The third-order valence-corrected chi connectivity index (χ3v) is 22.9. The summed E-state index contributed by atoms with van der Waals surface area (Å²) in [6.07, 6.45) is 9.39. The summed E-state index contributed by atoms with van der Waals surface area (Å²) in [6, 6.07) is 53.2. The molecule has 21 nitrogen and oxygen atoms in total. The first-order chi connectivity index (χ1) is 56.7. The van der Waals surface area contributed by atoms with E-state index in [1.165, 1.54) is 26.4 Å². The lowest BCUT2D eigenvalue weighted by Gasteiger charge is -2.30. The molecule has 0 bridgehead atoms. The maximum Gasteiger partial charge on any atom is 0.337 e. The van der Waals surface area contributed by atoms with Crippen LogP contribution < -0.4 is 29.3 Å². The lowest BCUT2D eigenvalue weighted by atomic mass is 9.99. The van der Waals surface area contributed by atoms with Crippen molar-refractivity contribution >= 4 is 150 Å². The number of anilines is 5. The lowest BCUT2D eigenvalue weighted by molar-refractivity contribution is -0.119. The van der Waals surface area contributed by atoms with Crippen LogP contribution in [0.5, 0.6) is 17.2 Å². The summed E-state index contributed by atoms with van der Waals surface area (Å²) in [5.74, 6) is 3.76. The third kappa shape index (κ3) is 18.4. The molecule has 3 fully saturated rings. The fourth-order valence-electron chi connectivity index (χ4n) is 14.1. The standard InChI is InChI=1S/C30H24Cl2N2O5.C29H22Cl2N2O5.C22H18Cl2N2O3.C8H7BrO2/c1-37-30(36)18-7-10-20(11-8-18)34-25-13-12-21(15-19(25)9-14-26(34)35)38-16-22-28(33-39-29(22)17-5-6-17)27-23(31)3-2-4-24(27)32;30-22-2-1-3-23(31)26(22)27-21(28(38-32-27)16-4-5-16)15-37-20-11-12-24-18(14-20)8-13-25(34)33(24)19-9-6-17(7-10-19)29(35)36;23-16-2-1-3-17(24)20(16)21-15(22(29-26-21)12-4-5-12)11-28-14-7-8-18-13(10-14)6-9-19(27)25-18;1-11-8(10)6-2-4-7(9)5-3-6/h2-4,7-8,10-13,15,17H,5-6,9,14,16H2,1H3;1-3,6-7,9-12,14,16H,4-5,8,13,15H2,(H,35,36);1-3,7-8,10,12H,4-6,9,11H2,(H,25,27);2-5H,1H3. The van der Waals surface area contributed by atoms with Crippen molar-refractivity contribution in [3.8, 4) is 51.0 Å². The summed E-state index contributed by atoms with van der Waals surface area (Å²) in [5, 5.41) is 28.0. The van der Waals surface area contributed by atoms with Gasteiger partial charge in [0.15, 0.2) is 0 Å². The molecule has 3 amide bonds. The summed E-state index contributed by atoms with van der Waals surface area (Å²) in [7, 11) is 2.70. The third-order valence-electron chi connectivity index (χ3n) is 20.5. The Morgan fingerprint density at radius 3 is 1.12 bits per heavy atom. The van der Waals surface area contributed by atoms with Crippen molar-refractivity contribution in [1.29, 1.82) is 0 Å². The fourth-order valence-corrected chi connectivity index (χ4v) is 16.1. The van der Waals surface area contributed by atoms with Crippen LogP contribution in [0.2, 0.25) is 30.1 Å². The molecule has 596 valence electrons. The zero-order valence-corrected chi connectivity index (χ0v) is 68.8. The molecule has 12 aromatic rings. The van der Waals surface area contributed by atoms with Gasteiger partial charge in [-0.05, 0) is 238 Å². The van der Waals surface area contributed by atoms with Gasteiger partial charge in [0.05, 0.1) is 89.1 Å². The Hall–Kier alpha value is -11.0. The van der Waals surface area contributed by atoms with Gasteiger partial charge >= 0.3 is 17.9 Å². The number of nitrogens with zero attached hydrogens (tertiary/aromatic N) is 5. The summed E-state index contributed by atoms with van der Waals surface area (Å²) in [6.45, 7) is 0.768. The fraction of sp³-hybridized carbons (Fsp3) is 0.225. The van der Waals surface area contributed by atoms with Gasteiger partial charge in [-0.3, -0.25) is 24.2 Å². The molecule has 9 aromatic carbocycles. The Morgan fingerprint density at radius 2 is 0.769 bits per heavy atom. The summed E-state index contributed by atoms with van der Waals surface area (Å²) in [4.78, 5) is 74.5. The van der Waals surface area contributed by atoms with Gasteiger partial charge in [-0.15, -0.1) is 0 Å². The van der Waals surface area contributed by atoms with Crippen LogP contribution >= 0.6 is 85.5 Å². The Kier molecular flexibility index (Phi) is 24.9. The van der Waals surface area contributed by atoms with E-state index < -0.39 is 11.9 Å². The quantitative estimate of drug-likeness (QED) is 0.0672. The SMILES string of the molecule is COC(=O)c1ccc(Br)cc1.COC(=O)c1ccc(N2C(=O)CCc3cc(OCc4c(-c5c(Cl)cccc5Cl)noc4C4CC4)ccc32)cc1.O=C(O)c1ccc(N2C(=O)CCc3cc(OCc4c(-c5c(Cl)cccc5Cl)noc4C4CC4)ccc32)cc1.O=C1CCc2cc(OCc3c(-c4c(Cl)cccc4Cl)noc3C3CC3)ccc2N1. The molecule has 0 radical (unpaired) electrons. The number of carbonyl (C=O) groups excluding carboxylic acids is 5. The van der Waals surface area contributed by atoms with Crippen LogP contribution in [-0.4, -0.2) is 70.4 Å². The van der Waals surface area contributed by atoms with Crippen LogP contribution in [-0.2, 0) is 62.9 Å². The van der Waals surface area contributed by atoms with Crippen LogP contribution in [0.25, 0.3) is 33.8 Å². The van der Waals surface area contributed by atoms with Crippen molar-refractivity contribution in [2.24, 2.45) is 0 Å². The molecule has 117 heavy (non-hydrogen) atoms. The van der Waals surface area contributed by atoms with Gasteiger partial charge in [0, 0.05) is 75.2 Å². The van der Waals surface area contributed by atoms with Crippen LogP contribution in [0.4, 0.5) is 28.4 Å². The number of aromatic nitrogens is 3. The molecule has 0 saturated heterocycles. The highest BCUT2D eigenvalue weighted by Crippen LogP contribution is 2.51. The molecular formula is C89H71BrCl6N6O15. The Bertz CT molecular complexity index is 5740. The van der Waals surface area contributed by atoms with Crippen molar-refractivity contribution in [3.63, 3.8) is 0 Å². The number of halogens is 7. The van der Waals surface area contributed by atoms with E-state index in [0.717, 1.165) is 116 Å². The maximum absolute atomic E-state index is 12.9. The molecule has 6 heterocycles. The zero-order chi connectivity index (χ0) is 81.7. The molecule has 18 rings (SSSR count). The number of aryl methyl sites for hydroxylation is 3. The number of esters is 2. The number of amides is 3. The van der Waals surface area contributed by atoms with Crippen LogP contribution in [0.15, 0.2) is 200 Å². The second-order valence-corrected chi connectivity index (χ2v) is 31.8. The first-order valence-electron chi connectivity index (χ1n) is 37.6. The predicted molar refractivity (Wildman–Crippen MR) is 449 cm³/mol. The molecule has 28 heteroatoms. The van der Waals surface area contributed by atoms with Crippen LogP contribution in [0, 0.1) is 0 Å². The summed E-state index contributed by atoms with van der Waals surface area (Å²) in [5.41, 5.74) is 14.2. The molecule has 6 aliphatic rings. The number of hydrogen-bond acceptors (Lipinski definition) is 17. The molecule has 3 aliphatic heterocycles. The summed E-state index contributed by atoms with van der Waals surface area (Å²) >= 11 is 42.0. The Balaban J connectivity index is 0.000000130. The number of hydrogen-bond donors (Lipinski definition) is 2. The van der Waals surface area contributed by atoms with Gasteiger partial charge in [0.1, 0.15) is 71.4 Å². The molecule has 0 unspecified atom stereocenters. The Morgan fingerprint density at radius 1 is 0.436 bits per heavy atom. The second-order valence-electron chi connectivity index (χ2n) is 28.4. The predicted octanol–water partition coefficient (Wildman–Crippen LogP) is 23.1. The number of ether oxygens (including phenoxy) is 5. The average Bonchev–Trinajstić information content (AvgIpc) is 1.14. The molecule has 0 spiro atoms. The number of rotatable bonds is 20. The topological polar surface area (TPSA) is 265 Å². The summed E-state index contributed by atoms with van der Waals surface area (Å²) < 4.78 is 46.0. The van der Waals surface area contributed by atoms with E-state index in [1.54, 1.807) is 125 Å². The number of carboxylic acid groups (broad SMARTS) is 1. The Labute approximate surface area is 710 Å². The van der Waals surface area contributed by atoms with E-state index in [1.807, 2.05) is 54.6 Å². The van der Waals surface area contributed by atoms with Crippen LogP contribution in [0.3, 0.4) is 0 Å². The highest BCUT2D eigenvalue weighted by atomic mass is 79.9. The largest absolute Gasteiger partial charge is 0.489 e. The van der Waals surface area contributed by atoms with Gasteiger partial charge in [0.25, 0.3) is 0 Å². The molecule has 3 aromatic heterocycles. The van der Waals surface area contributed by atoms with Crippen molar-refractivity contribution < 1.29 is 71.1 Å². The van der Waals surface area contributed by atoms with Crippen molar-refractivity contribution in [2.45, 2.75) is 115 Å². The molecular weight excluding hydrogens is 1690 g/mol. The first-order valence-corrected chi connectivity index (χ1v) is 40.6. The van der Waals surface area contributed by atoms with Gasteiger partial charge in [0.2, 0.25) is 17.7 Å². The van der Waals surface area contributed by atoms with E-state index in [4.69, 9.17) is 102 Å². The van der Waals surface area contributed by atoms with Crippen molar-refractivity contribution in [2.75, 3.05) is 29.3 Å². The van der Waals surface area contributed by atoms with Gasteiger partial charge in [-0.2, -0.15) is 0 Å². The number of benzene rings is 9. The van der Waals surface area contributed by atoms with E-state index in [0.29, 0.717) is 161 Å². The number of fused-ring (bicyclic) bond motifs is 3. The number of carbonyl (C=O) groups is 6. The van der Waals surface area contributed by atoms with Gasteiger partial charge < -0.3 is 47.7 Å². The van der Waals surface area contributed by atoms with E-state index in [9.17, 15) is 33.9 Å². The molecule has 2 N–H and O–H groups in total. The average molecular weight is 1760 g/mol. The lowest BCUT2D eigenvalue weighted by Crippen LogP contribution is -2.30. The number of methoxy groups -OCH3 is 2. The smallest absolute Gasteiger partial charge is 0.337 e.